The Hall–Kier alpha value is -1.62. The van der Waals surface area contributed by atoms with Crippen LogP contribution < -0.4 is 0 Å². The summed E-state index contributed by atoms with van der Waals surface area (Å²) in [5.41, 5.74) is 2.91. The molecular formula is C26H38N2O2. The molecule has 2 fully saturated rings. The average molecular weight is 411 g/mol. The lowest BCUT2D eigenvalue weighted by Gasteiger charge is -2.37. The largest absolute Gasteiger partial charge is 0.462 e. The van der Waals surface area contributed by atoms with Crippen molar-refractivity contribution in [2.24, 2.45) is 5.92 Å². The van der Waals surface area contributed by atoms with Crippen LogP contribution in [-0.4, -0.2) is 47.1 Å². The van der Waals surface area contributed by atoms with Gasteiger partial charge >= 0.3 is 0 Å². The molecule has 4 heteroatoms. The van der Waals surface area contributed by atoms with Gasteiger partial charge in [-0.2, -0.15) is 0 Å². The first-order chi connectivity index (χ1) is 14.7. The van der Waals surface area contributed by atoms with Crippen LogP contribution >= 0.6 is 0 Å². The minimum atomic E-state index is -0.00953. The molecule has 2 heterocycles. The lowest BCUT2D eigenvalue weighted by molar-refractivity contribution is 0.106. The maximum absolute atomic E-state index is 9.30. The summed E-state index contributed by atoms with van der Waals surface area (Å²) in [6.45, 7) is 7.92. The van der Waals surface area contributed by atoms with Crippen LogP contribution in [0.4, 0.5) is 0 Å². The second-order valence-electron chi connectivity index (χ2n) is 9.36. The second kappa shape index (κ2) is 10.6. The Morgan fingerprint density at radius 1 is 1.00 bits per heavy atom. The van der Waals surface area contributed by atoms with Crippen molar-refractivity contribution in [3.05, 3.63) is 59.0 Å². The molecule has 2 aromatic rings. The Labute approximate surface area is 181 Å². The molecule has 4 rings (SSSR count). The Bertz CT molecular complexity index is 773. The van der Waals surface area contributed by atoms with Crippen molar-refractivity contribution in [3.8, 4) is 0 Å². The molecule has 0 bridgehead atoms. The fourth-order valence-electron chi connectivity index (χ4n) is 5.30. The van der Waals surface area contributed by atoms with Gasteiger partial charge in [0.05, 0.1) is 6.54 Å². The van der Waals surface area contributed by atoms with Crippen molar-refractivity contribution in [1.29, 1.82) is 0 Å². The van der Waals surface area contributed by atoms with E-state index < -0.39 is 0 Å². The zero-order valence-corrected chi connectivity index (χ0v) is 18.6. The summed E-state index contributed by atoms with van der Waals surface area (Å²) >= 11 is 0. The number of hydrogen-bond acceptors (Lipinski definition) is 4. The number of nitrogens with zero attached hydrogens (tertiary/aromatic N) is 2. The van der Waals surface area contributed by atoms with Crippen molar-refractivity contribution >= 4 is 0 Å². The quantitative estimate of drug-likeness (QED) is 0.646. The third kappa shape index (κ3) is 5.75. The van der Waals surface area contributed by atoms with E-state index in [4.69, 9.17) is 4.42 Å². The smallest absolute Gasteiger partial charge is 0.129 e. The molecule has 1 aromatic carbocycles. The van der Waals surface area contributed by atoms with E-state index in [9.17, 15) is 5.11 Å². The zero-order chi connectivity index (χ0) is 20.8. The van der Waals surface area contributed by atoms with Crippen LogP contribution in [0.2, 0.25) is 0 Å². The van der Waals surface area contributed by atoms with Crippen LogP contribution in [0.1, 0.15) is 61.2 Å². The SMILES string of the molecule is Cc1ccccc1CCN1CCC(CN(Cc2ccc(CO)o2)C2CCCC2)CC1. The molecule has 0 amide bonds. The number of aliphatic hydroxyl groups excluding tert-OH is 1. The standard InChI is InChI=1S/C26H38N2O2/c1-21-6-2-3-7-23(21)14-17-27-15-12-22(13-16-27)18-28(24-8-4-5-9-24)19-25-10-11-26(20-29)30-25/h2-3,6-7,10-11,22,24,29H,4-5,8-9,12-20H2,1H3. The van der Waals surface area contributed by atoms with Crippen LogP contribution in [0.25, 0.3) is 0 Å². The van der Waals surface area contributed by atoms with Crippen LogP contribution in [0.15, 0.2) is 40.8 Å². The van der Waals surface area contributed by atoms with Crippen molar-refractivity contribution < 1.29 is 9.52 Å². The fourth-order valence-corrected chi connectivity index (χ4v) is 5.30. The van der Waals surface area contributed by atoms with Gasteiger partial charge in [-0.3, -0.25) is 4.90 Å². The van der Waals surface area contributed by atoms with Crippen LogP contribution in [0.5, 0.6) is 0 Å². The van der Waals surface area contributed by atoms with E-state index in [1.54, 1.807) is 0 Å². The summed E-state index contributed by atoms with van der Waals surface area (Å²) in [7, 11) is 0. The lowest BCUT2D eigenvalue weighted by Crippen LogP contribution is -2.42. The van der Waals surface area contributed by atoms with Gasteiger partial charge in [-0.05, 0) is 81.3 Å². The van der Waals surface area contributed by atoms with Crippen LogP contribution in [-0.2, 0) is 19.6 Å². The first-order valence-corrected chi connectivity index (χ1v) is 11.9. The summed E-state index contributed by atoms with van der Waals surface area (Å²) in [6, 6.07) is 13.5. The first-order valence-electron chi connectivity index (χ1n) is 11.9. The molecule has 0 radical (unpaired) electrons. The highest BCUT2D eigenvalue weighted by Crippen LogP contribution is 2.28. The van der Waals surface area contributed by atoms with Gasteiger partial charge in [0.2, 0.25) is 0 Å². The summed E-state index contributed by atoms with van der Waals surface area (Å²) < 4.78 is 5.81. The molecule has 1 aliphatic heterocycles. The summed E-state index contributed by atoms with van der Waals surface area (Å²) in [4.78, 5) is 5.34. The molecule has 1 N–H and O–H groups in total. The molecule has 2 aliphatic rings. The van der Waals surface area contributed by atoms with E-state index in [0.717, 1.165) is 24.6 Å². The highest BCUT2D eigenvalue weighted by molar-refractivity contribution is 5.25. The third-order valence-corrected chi connectivity index (χ3v) is 7.23. The fraction of sp³-hybridized carbons (Fsp3) is 0.615. The number of aliphatic hydroxyl groups is 1. The van der Waals surface area contributed by atoms with Crippen molar-refractivity contribution in [2.45, 2.75) is 71.1 Å². The minimum Gasteiger partial charge on any atom is -0.462 e. The van der Waals surface area contributed by atoms with Gasteiger partial charge in [0, 0.05) is 19.1 Å². The summed E-state index contributed by atoms with van der Waals surface area (Å²) in [5.74, 6) is 2.47. The monoisotopic (exact) mass is 410 g/mol. The molecule has 164 valence electrons. The second-order valence-corrected chi connectivity index (χ2v) is 9.36. The third-order valence-electron chi connectivity index (χ3n) is 7.23. The Kier molecular flexibility index (Phi) is 7.64. The molecule has 1 aliphatic carbocycles. The van der Waals surface area contributed by atoms with Crippen LogP contribution in [0, 0.1) is 12.8 Å². The van der Waals surface area contributed by atoms with Crippen molar-refractivity contribution in [1.82, 2.24) is 9.80 Å². The number of rotatable bonds is 9. The molecule has 0 atom stereocenters. The molecule has 1 aromatic heterocycles. The van der Waals surface area contributed by atoms with E-state index in [0.29, 0.717) is 11.8 Å². The number of likely N-dealkylation sites (tertiary alicyclic amines) is 1. The summed E-state index contributed by atoms with van der Waals surface area (Å²) in [5, 5.41) is 9.30. The zero-order valence-electron chi connectivity index (χ0n) is 18.6. The van der Waals surface area contributed by atoms with Gasteiger partial charge in [-0.25, -0.2) is 0 Å². The van der Waals surface area contributed by atoms with Crippen molar-refractivity contribution in [3.63, 3.8) is 0 Å². The number of hydrogen-bond donors (Lipinski definition) is 1. The Morgan fingerprint density at radius 2 is 1.73 bits per heavy atom. The van der Waals surface area contributed by atoms with Gasteiger partial charge in [-0.1, -0.05) is 37.1 Å². The molecule has 4 nitrogen and oxygen atoms in total. The molecule has 0 unspecified atom stereocenters. The average Bonchev–Trinajstić information content (AvgIpc) is 3.46. The lowest BCUT2D eigenvalue weighted by atomic mass is 9.94. The predicted octanol–water partition coefficient (Wildman–Crippen LogP) is 4.78. The van der Waals surface area contributed by atoms with Gasteiger partial charge in [0.25, 0.3) is 0 Å². The molecule has 1 saturated carbocycles. The molecule has 30 heavy (non-hydrogen) atoms. The Morgan fingerprint density at radius 3 is 2.43 bits per heavy atom. The minimum absolute atomic E-state index is 0.00953. The van der Waals surface area contributed by atoms with Crippen LogP contribution in [0.3, 0.4) is 0 Å². The number of benzene rings is 1. The maximum atomic E-state index is 9.30. The Balaban J connectivity index is 1.27. The van der Waals surface area contributed by atoms with E-state index >= 15 is 0 Å². The van der Waals surface area contributed by atoms with E-state index in [1.165, 1.54) is 75.8 Å². The normalized spacial score (nSPS) is 19.2. The molecule has 0 spiro atoms. The number of furan rings is 1. The molecular weight excluding hydrogens is 372 g/mol. The maximum Gasteiger partial charge on any atom is 0.129 e. The highest BCUT2D eigenvalue weighted by Gasteiger charge is 2.28. The van der Waals surface area contributed by atoms with Gasteiger partial charge in [0.15, 0.2) is 0 Å². The van der Waals surface area contributed by atoms with Gasteiger partial charge in [-0.15, -0.1) is 0 Å². The van der Waals surface area contributed by atoms with E-state index in [2.05, 4.69) is 41.0 Å². The number of aryl methyl sites for hydroxylation is 1. The molecule has 1 saturated heterocycles. The van der Waals surface area contributed by atoms with Gasteiger partial charge < -0.3 is 14.4 Å². The summed E-state index contributed by atoms with van der Waals surface area (Å²) in [6.07, 6.45) is 9.13. The first kappa shape index (κ1) is 21.6. The number of piperidine rings is 1. The highest BCUT2D eigenvalue weighted by atomic mass is 16.4. The van der Waals surface area contributed by atoms with E-state index in [1.807, 2.05) is 12.1 Å². The topological polar surface area (TPSA) is 39.9 Å². The van der Waals surface area contributed by atoms with Gasteiger partial charge in [0.1, 0.15) is 18.1 Å². The van der Waals surface area contributed by atoms with Crippen molar-refractivity contribution in [2.75, 3.05) is 26.2 Å². The van der Waals surface area contributed by atoms with E-state index in [-0.39, 0.29) is 6.61 Å². The predicted molar refractivity (Wildman–Crippen MR) is 121 cm³/mol.